The summed E-state index contributed by atoms with van der Waals surface area (Å²) < 4.78 is 5.45. The summed E-state index contributed by atoms with van der Waals surface area (Å²) in [5.41, 5.74) is 4.33. The van der Waals surface area contributed by atoms with E-state index in [2.05, 4.69) is 16.0 Å². The highest BCUT2D eigenvalue weighted by Crippen LogP contribution is 2.29. The van der Waals surface area contributed by atoms with Crippen molar-refractivity contribution < 1.29 is 4.74 Å². The maximum Gasteiger partial charge on any atom is 0.172 e. The molecule has 2 rings (SSSR count). The van der Waals surface area contributed by atoms with Crippen LogP contribution in [0.1, 0.15) is 25.2 Å². The summed E-state index contributed by atoms with van der Waals surface area (Å²) >= 11 is 0. The molecule has 1 aliphatic rings. The van der Waals surface area contributed by atoms with E-state index >= 15 is 0 Å². The van der Waals surface area contributed by atoms with Crippen molar-refractivity contribution in [1.82, 2.24) is 4.98 Å². The molecule has 1 aromatic rings. The molecule has 1 atom stereocenters. The maximum atomic E-state index is 5.45. The predicted octanol–water partition coefficient (Wildman–Crippen LogP) is 2.74. The number of allylic oxidation sites excluding steroid dienone is 1. The Morgan fingerprint density at radius 1 is 1.27 bits per heavy atom. The molecular weight excluding hydrogens is 188 g/mol. The molecule has 2 heterocycles. The molecular formula is C12H16N2O. The highest BCUT2D eigenvalue weighted by Gasteiger charge is 2.23. The van der Waals surface area contributed by atoms with E-state index in [0.717, 1.165) is 22.8 Å². The molecule has 3 nitrogen and oxygen atoms in total. The summed E-state index contributed by atoms with van der Waals surface area (Å²) in [6.07, 6.45) is 1.86. The fourth-order valence-electron chi connectivity index (χ4n) is 1.92. The number of rotatable bonds is 1. The van der Waals surface area contributed by atoms with Gasteiger partial charge in [0.15, 0.2) is 6.23 Å². The van der Waals surface area contributed by atoms with Crippen LogP contribution in [0.4, 0.5) is 5.69 Å². The van der Waals surface area contributed by atoms with Crippen molar-refractivity contribution in [3.63, 3.8) is 0 Å². The normalized spacial score (nSPS) is 20.1. The average molecular weight is 204 g/mol. The molecule has 80 valence electrons. The third-order valence-electron chi connectivity index (χ3n) is 2.64. The van der Waals surface area contributed by atoms with Crippen LogP contribution in [-0.2, 0) is 4.74 Å². The molecule has 0 spiro atoms. The number of anilines is 1. The Balaban J connectivity index is 2.41. The molecule has 0 aliphatic carbocycles. The number of pyridine rings is 1. The van der Waals surface area contributed by atoms with E-state index in [0.29, 0.717) is 0 Å². The van der Waals surface area contributed by atoms with Gasteiger partial charge in [-0.3, -0.25) is 4.98 Å². The monoisotopic (exact) mass is 204 g/mol. The Kier molecular flexibility index (Phi) is 2.39. The minimum atomic E-state index is 0.0632. The maximum absolute atomic E-state index is 5.45. The molecule has 1 aliphatic heterocycles. The first-order chi connectivity index (χ1) is 7.09. The van der Waals surface area contributed by atoms with E-state index in [1.54, 1.807) is 6.26 Å². The van der Waals surface area contributed by atoms with Gasteiger partial charge in [-0.25, -0.2) is 0 Å². The lowest BCUT2D eigenvalue weighted by atomic mass is 10.2. The van der Waals surface area contributed by atoms with E-state index in [-0.39, 0.29) is 6.23 Å². The van der Waals surface area contributed by atoms with E-state index in [4.69, 9.17) is 4.74 Å². The summed E-state index contributed by atoms with van der Waals surface area (Å²) in [4.78, 5) is 6.62. The Morgan fingerprint density at radius 3 is 2.53 bits per heavy atom. The van der Waals surface area contributed by atoms with Crippen molar-refractivity contribution in [3.8, 4) is 0 Å². The fraction of sp³-hybridized carbons (Fsp3) is 0.417. The second kappa shape index (κ2) is 3.57. The minimum Gasteiger partial charge on any atom is -0.476 e. The van der Waals surface area contributed by atoms with Gasteiger partial charge in [0.05, 0.1) is 17.1 Å². The Bertz CT molecular complexity index is 412. The highest BCUT2D eigenvalue weighted by atomic mass is 16.5. The van der Waals surface area contributed by atoms with Gasteiger partial charge in [-0.1, -0.05) is 0 Å². The smallest absolute Gasteiger partial charge is 0.172 e. The Labute approximate surface area is 90.4 Å². The second-order valence-electron chi connectivity index (χ2n) is 3.92. The highest BCUT2D eigenvalue weighted by molar-refractivity contribution is 5.56. The zero-order valence-electron chi connectivity index (χ0n) is 9.61. The topological polar surface area (TPSA) is 25.4 Å². The van der Waals surface area contributed by atoms with E-state index in [9.17, 15) is 0 Å². The zero-order valence-corrected chi connectivity index (χ0v) is 9.61. The molecule has 15 heavy (non-hydrogen) atoms. The van der Waals surface area contributed by atoms with Crippen LogP contribution in [0.15, 0.2) is 24.1 Å². The van der Waals surface area contributed by atoms with Crippen LogP contribution < -0.4 is 4.90 Å². The van der Waals surface area contributed by atoms with Crippen LogP contribution >= 0.6 is 0 Å². The zero-order chi connectivity index (χ0) is 11.0. The van der Waals surface area contributed by atoms with Gasteiger partial charge in [0, 0.05) is 5.69 Å². The van der Waals surface area contributed by atoms with Crippen LogP contribution in [0.2, 0.25) is 0 Å². The Hall–Kier alpha value is -1.51. The summed E-state index contributed by atoms with van der Waals surface area (Å²) in [5, 5.41) is 0. The summed E-state index contributed by atoms with van der Waals surface area (Å²) in [7, 11) is 0. The van der Waals surface area contributed by atoms with Gasteiger partial charge in [0.25, 0.3) is 0 Å². The number of nitrogens with zero attached hydrogens (tertiary/aromatic N) is 2. The van der Waals surface area contributed by atoms with Gasteiger partial charge in [-0.2, -0.15) is 0 Å². The molecule has 0 fully saturated rings. The number of aromatic nitrogens is 1. The van der Waals surface area contributed by atoms with Crippen LogP contribution in [-0.4, -0.2) is 11.2 Å². The number of hydrogen-bond acceptors (Lipinski definition) is 3. The average Bonchev–Trinajstić information content (AvgIpc) is 2.48. The molecule has 0 bridgehead atoms. The standard InChI is InChI=1S/C12H16N2O/c1-8-5-6-12(10(3)13-8)14-9(2)7-15-11(14)4/h5-7,11H,1-4H3. The quantitative estimate of drug-likeness (QED) is 0.703. The largest absolute Gasteiger partial charge is 0.476 e. The first kappa shape index (κ1) is 10.0. The molecule has 0 aromatic carbocycles. The third-order valence-corrected chi connectivity index (χ3v) is 2.64. The fourth-order valence-corrected chi connectivity index (χ4v) is 1.92. The van der Waals surface area contributed by atoms with Crippen molar-refractivity contribution >= 4 is 5.69 Å². The second-order valence-corrected chi connectivity index (χ2v) is 3.92. The summed E-state index contributed by atoms with van der Waals surface area (Å²) in [6.45, 7) is 8.11. The van der Waals surface area contributed by atoms with E-state index in [1.807, 2.05) is 33.8 Å². The first-order valence-corrected chi connectivity index (χ1v) is 5.15. The van der Waals surface area contributed by atoms with E-state index in [1.165, 1.54) is 0 Å². The molecule has 0 amide bonds. The van der Waals surface area contributed by atoms with Gasteiger partial charge >= 0.3 is 0 Å². The van der Waals surface area contributed by atoms with Gasteiger partial charge in [-0.15, -0.1) is 0 Å². The molecule has 0 saturated carbocycles. The number of hydrogen-bond donors (Lipinski definition) is 0. The number of ether oxygens (including phenoxy) is 1. The van der Waals surface area contributed by atoms with Crippen molar-refractivity contribution in [3.05, 3.63) is 35.5 Å². The van der Waals surface area contributed by atoms with Crippen molar-refractivity contribution in [2.75, 3.05) is 4.90 Å². The SMILES string of the molecule is CC1=COC(C)N1c1ccc(C)nc1C. The van der Waals surface area contributed by atoms with Gasteiger partial charge in [0.2, 0.25) is 0 Å². The van der Waals surface area contributed by atoms with Crippen molar-refractivity contribution in [2.24, 2.45) is 0 Å². The minimum absolute atomic E-state index is 0.0632. The van der Waals surface area contributed by atoms with Crippen LogP contribution in [0.3, 0.4) is 0 Å². The lowest BCUT2D eigenvalue weighted by molar-refractivity contribution is 0.190. The molecule has 0 saturated heterocycles. The van der Waals surface area contributed by atoms with Crippen molar-refractivity contribution in [2.45, 2.75) is 33.9 Å². The number of aryl methyl sites for hydroxylation is 2. The first-order valence-electron chi connectivity index (χ1n) is 5.15. The van der Waals surface area contributed by atoms with E-state index < -0.39 is 0 Å². The molecule has 1 unspecified atom stereocenters. The summed E-state index contributed by atoms with van der Waals surface area (Å²) in [5.74, 6) is 0. The molecule has 1 aromatic heterocycles. The van der Waals surface area contributed by atoms with Crippen LogP contribution in [0, 0.1) is 13.8 Å². The molecule has 0 N–H and O–H groups in total. The Morgan fingerprint density at radius 2 is 2.00 bits per heavy atom. The predicted molar refractivity (Wildman–Crippen MR) is 60.5 cm³/mol. The summed E-state index contributed by atoms with van der Waals surface area (Å²) in [6, 6.07) is 4.13. The lowest BCUT2D eigenvalue weighted by Crippen LogP contribution is -2.28. The van der Waals surface area contributed by atoms with Gasteiger partial charge in [0.1, 0.15) is 6.26 Å². The third kappa shape index (κ3) is 1.69. The molecule has 0 radical (unpaired) electrons. The van der Waals surface area contributed by atoms with Gasteiger partial charge < -0.3 is 9.64 Å². The molecule has 3 heteroatoms. The van der Waals surface area contributed by atoms with Gasteiger partial charge in [-0.05, 0) is 39.8 Å². The van der Waals surface area contributed by atoms with Crippen LogP contribution in [0.25, 0.3) is 0 Å². The van der Waals surface area contributed by atoms with Crippen molar-refractivity contribution in [1.29, 1.82) is 0 Å². The van der Waals surface area contributed by atoms with Crippen LogP contribution in [0.5, 0.6) is 0 Å². The lowest BCUT2D eigenvalue weighted by Gasteiger charge is -2.25.